The lowest BCUT2D eigenvalue weighted by atomic mass is 9.67. The van der Waals surface area contributed by atoms with E-state index in [0.717, 1.165) is 5.56 Å². The molecule has 37 heavy (non-hydrogen) atoms. The van der Waals surface area contributed by atoms with Crippen molar-refractivity contribution in [3.8, 4) is 5.75 Å². The Kier molecular flexibility index (Phi) is 8.03. The minimum atomic E-state index is -1.10. The Morgan fingerprint density at radius 3 is 2.35 bits per heavy atom. The number of Topliss-reactive ketones (excluding diaryl/α,β-unsaturated/α-hetero) is 1. The first-order chi connectivity index (χ1) is 17.8. The third kappa shape index (κ3) is 5.01. The van der Waals surface area contributed by atoms with Crippen molar-refractivity contribution in [3.05, 3.63) is 87.2 Å². The lowest BCUT2D eigenvalue weighted by Crippen LogP contribution is -2.43. The molecule has 0 unspecified atom stereocenters. The minimum Gasteiger partial charge on any atom is -0.496 e. The molecule has 7 nitrogen and oxygen atoms in total. The fraction of sp³-hybridized carbons (Fsp3) is 0.345. The summed E-state index contributed by atoms with van der Waals surface area (Å²) in [5.74, 6) is -3.28. The van der Waals surface area contributed by atoms with Gasteiger partial charge in [0.15, 0.2) is 5.78 Å². The molecular weight excluding hydrogens is 494 g/mol. The molecule has 0 spiro atoms. The summed E-state index contributed by atoms with van der Waals surface area (Å²) < 4.78 is 16.3. The number of carbonyl (C=O) groups excluding carboxylic acids is 3. The molecule has 0 aromatic heterocycles. The number of allylic oxidation sites excluding steroid dienone is 3. The Bertz CT molecular complexity index is 1280. The standard InChI is InChI=1S/C29H30ClNO6/c1-5-36-28(33)23-16(3)31-21-15-20(19-9-7-8-10-22(19)35-4)25(29(34)37-6-2)27(32)26(21)24(23)17-11-13-18(30)14-12-17/h7-14,20,24-25,31H,5-6,15H2,1-4H3/t20-,24-,25+/m0/s1. The van der Waals surface area contributed by atoms with Crippen LogP contribution in [0.4, 0.5) is 0 Å². The summed E-state index contributed by atoms with van der Waals surface area (Å²) in [5.41, 5.74) is 3.39. The van der Waals surface area contributed by atoms with Crippen molar-refractivity contribution in [1.82, 2.24) is 5.32 Å². The highest BCUT2D eigenvalue weighted by molar-refractivity contribution is 6.30. The Balaban J connectivity index is 1.91. The van der Waals surface area contributed by atoms with Crippen molar-refractivity contribution in [1.29, 1.82) is 0 Å². The summed E-state index contributed by atoms with van der Waals surface area (Å²) in [6, 6.07) is 14.4. The average Bonchev–Trinajstić information content (AvgIpc) is 2.88. The van der Waals surface area contributed by atoms with Crippen molar-refractivity contribution >= 4 is 29.3 Å². The zero-order valence-electron chi connectivity index (χ0n) is 21.3. The molecular formula is C29H30ClNO6. The van der Waals surface area contributed by atoms with Crippen LogP contribution in [0, 0.1) is 5.92 Å². The van der Waals surface area contributed by atoms with Crippen LogP contribution in [0.15, 0.2) is 71.1 Å². The van der Waals surface area contributed by atoms with Gasteiger partial charge >= 0.3 is 11.9 Å². The number of halogens is 1. The number of ether oxygens (including phenoxy) is 3. The van der Waals surface area contributed by atoms with Gasteiger partial charge in [-0.2, -0.15) is 0 Å². The fourth-order valence-electron chi connectivity index (χ4n) is 5.27. The van der Waals surface area contributed by atoms with Gasteiger partial charge in [-0.05, 0) is 56.5 Å². The topological polar surface area (TPSA) is 90.9 Å². The number of dihydropyridines is 1. The van der Waals surface area contributed by atoms with Crippen molar-refractivity contribution < 1.29 is 28.6 Å². The summed E-state index contributed by atoms with van der Waals surface area (Å²) >= 11 is 6.14. The van der Waals surface area contributed by atoms with Crippen LogP contribution in [0.3, 0.4) is 0 Å². The number of rotatable bonds is 7. The van der Waals surface area contributed by atoms with E-state index >= 15 is 0 Å². The van der Waals surface area contributed by atoms with E-state index < -0.39 is 35.5 Å². The number of methoxy groups -OCH3 is 1. The highest BCUT2D eigenvalue weighted by Crippen LogP contribution is 2.49. The molecule has 0 saturated heterocycles. The first kappa shape index (κ1) is 26.5. The number of esters is 2. The van der Waals surface area contributed by atoms with Gasteiger partial charge in [0, 0.05) is 33.8 Å². The van der Waals surface area contributed by atoms with Gasteiger partial charge in [0.05, 0.1) is 25.9 Å². The number of ketones is 1. The third-order valence-corrected chi connectivity index (χ3v) is 7.05. The highest BCUT2D eigenvalue weighted by atomic mass is 35.5. The molecule has 0 radical (unpaired) electrons. The maximum absolute atomic E-state index is 14.3. The van der Waals surface area contributed by atoms with E-state index in [2.05, 4.69) is 5.32 Å². The normalized spacial score (nSPS) is 21.2. The van der Waals surface area contributed by atoms with E-state index in [1.807, 2.05) is 18.2 Å². The smallest absolute Gasteiger partial charge is 0.336 e. The lowest BCUT2D eigenvalue weighted by Gasteiger charge is -2.39. The number of hydrogen-bond acceptors (Lipinski definition) is 7. The largest absolute Gasteiger partial charge is 0.496 e. The van der Waals surface area contributed by atoms with Crippen LogP contribution in [0.2, 0.25) is 5.02 Å². The monoisotopic (exact) mass is 523 g/mol. The maximum Gasteiger partial charge on any atom is 0.336 e. The summed E-state index contributed by atoms with van der Waals surface area (Å²) in [5, 5.41) is 3.83. The molecule has 1 aliphatic carbocycles. The molecule has 0 bridgehead atoms. The molecule has 0 saturated carbocycles. The second-order valence-corrected chi connectivity index (χ2v) is 9.34. The first-order valence-electron chi connectivity index (χ1n) is 12.3. The minimum absolute atomic E-state index is 0.138. The van der Waals surface area contributed by atoms with Crippen LogP contribution in [-0.4, -0.2) is 38.0 Å². The van der Waals surface area contributed by atoms with Crippen molar-refractivity contribution in [2.45, 2.75) is 39.0 Å². The van der Waals surface area contributed by atoms with Gasteiger partial charge in [-0.1, -0.05) is 41.9 Å². The van der Waals surface area contributed by atoms with Gasteiger partial charge in [0.25, 0.3) is 0 Å². The van der Waals surface area contributed by atoms with Crippen molar-refractivity contribution in [2.75, 3.05) is 20.3 Å². The summed E-state index contributed by atoms with van der Waals surface area (Å²) in [6.45, 7) is 5.55. The van der Waals surface area contributed by atoms with E-state index in [-0.39, 0.29) is 13.2 Å². The fourth-order valence-corrected chi connectivity index (χ4v) is 5.40. The quantitative estimate of drug-likeness (QED) is 0.400. The number of carbonyl (C=O) groups is 3. The van der Waals surface area contributed by atoms with Crippen molar-refractivity contribution in [3.63, 3.8) is 0 Å². The summed E-state index contributed by atoms with van der Waals surface area (Å²) in [4.78, 5) is 40.7. The van der Waals surface area contributed by atoms with Crippen LogP contribution < -0.4 is 10.1 Å². The molecule has 0 amide bonds. The molecule has 8 heteroatoms. The molecule has 1 aliphatic heterocycles. The number of hydrogen-bond donors (Lipinski definition) is 1. The van der Waals surface area contributed by atoms with Gasteiger partial charge in [0.1, 0.15) is 11.7 Å². The number of para-hydroxylation sites is 1. The van der Waals surface area contributed by atoms with Gasteiger partial charge in [-0.25, -0.2) is 4.79 Å². The van der Waals surface area contributed by atoms with Crippen LogP contribution in [0.25, 0.3) is 0 Å². The molecule has 4 rings (SSSR count). The third-order valence-electron chi connectivity index (χ3n) is 6.80. The number of benzene rings is 2. The van der Waals surface area contributed by atoms with Gasteiger partial charge in [0.2, 0.25) is 0 Å². The predicted octanol–water partition coefficient (Wildman–Crippen LogP) is 5.06. The van der Waals surface area contributed by atoms with E-state index in [9.17, 15) is 14.4 Å². The first-order valence-corrected chi connectivity index (χ1v) is 12.7. The summed E-state index contributed by atoms with van der Waals surface area (Å²) in [6.07, 6.45) is 0.350. The highest BCUT2D eigenvalue weighted by Gasteiger charge is 2.49. The molecule has 1 N–H and O–H groups in total. The van der Waals surface area contributed by atoms with E-state index in [1.54, 1.807) is 58.2 Å². The number of nitrogens with one attached hydrogen (secondary N) is 1. The van der Waals surface area contributed by atoms with E-state index in [0.29, 0.717) is 45.3 Å². The average molecular weight is 524 g/mol. The Hall–Kier alpha value is -3.58. The summed E-state index contributed by atoms with van der Waals surface area (Å²) in [7, 11) is 1.56. The van der Waals surface area contributed by atoms with Gasteiger partial charge in [-0.15, -0.1) is 0 Å². The molecule has 194 valence electrons. The predicted molar refractivity (Wildman–Crippen MR) is 139 cm³/mol. The van der Waals surface area contributed by atoms with Crippen molar-refractivity contribution in [2.24, 2.45) is 5.92 Å². The van der Waals surface area contributed by atoms with E-state index in [1.165, 1.54) is 0 Å². The van der Waals surface area contributed by atoms with Gasteiger partial charge < -0.3 is 19.5 Å². The van der Waals surface area contributed by atoms with Crippen LogP contribution in [0.5, 0.6) is 5.75 Å². The van der Waals surface area contributed by atoms with E-state index in [4.69, 9.17) is 25.8 Å². The molecule has 0 fully saturated rings. The SMILES string of the molecule is CCOC(=O)C1=C(C)NC2=C(C(=O)[C@H](C(=O)OCC)[C@H](c3ccccc3OC)C2)[C@H]1c1ccc(Cl)cc1. The molecule has 2 aliphatic rings. The van der Waals surface area contributed by atoms with Crippen LogP contribution in [-0.2, 0) is 23.9 Å². The second kappa shape index (κ2) is 11.2. The molecule has 3 atom stereocenters. The van der Waals surface area contributed by atoms with Crippen LogP contribution >= 0.6 is 11.6 Å². The molecule has 2 aromatic carbocycles. The maximum atomic E-state index is 14.3. The molecule has 2 aromatic rings. The zero-order chi connectivity index (χ0) is 26.7. The lowest BCUT2D eigenvalue weighted by molar-refractivity contribution is -0.152. The Morgan fingerprint density at radius 1 is 1.03 bits per heavy atom. The van der Waals surface area contributed by atoms with Gasteiger partial charge in [-0.3, -0.25) is 9.59 Å². The zero-order valence-corrected chi connectivity index (χ0v) is 22.1. The Morgan fingerprint density at radius 2 is 1.70 bits per heavy atom. The molecule has 1 heterocycles. The second-order valence-electron chi connectivity index (χ2n) is 8.91. The Labute approximate surface area is 221 Å². The van der Waals surface area contributed by atoms with Crippen LogP contribution in [0.1, 0.15) is 50.2 Å².